The van der Waals surface area contributed by atoms with Gasteiger partial charge in [-0.2, -0.15) is 5.10 Å². The van der Waals surface area contributed by atoms with Gasteiger partial charge in [-0.1, -0.05) is 0 Å². The minimum atomic E-state index is -0.847. The van der Waals surface area contributed by atoms with Gasteiger partial charge in [-0.15, -0.1) is 0 Å². The first kappa shape index (κ1) is 15.5. The molecule has 0 aliphatic rings. The summed E-state index contributed by atoms with van der Waals surface area (Å²) in [4.78, 5) is 11.1. The fourth-order valence-electron chi connectivity index (χ4n) is 1.80. The lowest BCUT2D eigenvalue weighted by Gasteiger charge is -2.23. The summed E-state index contributed by atoms with van der Waals surface area (Å²) >= 11 is 0. The van der Waals surface area contributed by atoms with E-state index in [2.05, 4.69) is 10.4 Å². The summed E-state index contributed by atoms with van der Waals surface area (Å²) < 4.78 is 7.15. The van der Waals surface area contributed by atoms with Crippen molar-refractivity contribution in [3.05, 3.63) is 12.4 Å². The smallest absolute Gasteiger partial charge is 0.323 e. The third-order valence-corrected chi connectivity index (χ3v) is 3.26. The molecule has 1 aromatic heterocycles. The number of unbranched alkanes of at least 4 members (excludes halogenated alkanes) is 1. The standard InChI is InChI=1S/C13H23N3O3/c1-4-19-11-9-15-16(10-11)8-6-5-7-13(2,14-3)12(17)18/h9-10,14H,4-8H2,1-3H3,(H,17,18). The maximum atomic E-state index is 11.1. The average Bonchev–Trinajstić information content (AvgIpc) is 2.82. The maximum absolute atomic E-state index is 11.1. The molecule has 0 aliphatic heterocycles. The van der Waals surface area contributed by atoms with Crippen molar-refractivity contribution in [3.8, 4) is 5.75 Å². The number of aromatic nitrogens is 2. The molecule has 0 radical (unpaired) electrons. The zero-order chi connectivity index (χ0) is 14.3. The number of nitrogens with one attached hydrogen (secondary N) is 1. The van der Waals surface area contributed by atoms with Crippen LogP contribution in [0, 0.1) is 0 Å². The second kappa shape index (κ2) is 7.13. The molecule has 0 aliphatic carbocycles. The Morgan fingerprint density at radius 2 is 2.32 bits per heavy atom. The van der Waals surface area contributed by atoms with Crippen molar-refractivity contribution in [2.24, 2.45) is 0 Å². The van der Waals surface area contributed by atoms with Crippen molar-refractivity contribution in [2.45, 2.75) is 45.2 Å². The third-order valence-electron chi connectivity index (χ3n) is 3.26. The van der Waals surface area contributed by atoms with E-state index in [0.717, 1.165) is 25.1 Å². The fraction of sp³-hybridized carbons (Fsp3) is 0.692. The SMILES string of the molecule is CCOc1cnn(CCCCC(C)(NC)C(=O)O)c1. The molecule has 0 fully saturated rings. The van der Waals surface area contributed by atoms with Crippen molar-refractivity contribution >= 4 is 5.97 Å². The van der Waals surface area contributed by atoms with E-state index in [-0.39, 0.29) is 0 Å². The van der Waals surface area contributed by atoms with Gasteiger partial charge >= 0.3 is 5.97 Å². The summed E-state index contributed by atoms with van der Waals surface area (Å²) in [6.07, 6.45) is 5.86. The molecule has 0 saturated heterocycles. The first-order valence-corrected chi connectivity index (χ1v) is 6.59. The minimum Gasteiger partial charge on any atom is -0.491 e. The Kier molecular flexibility index (Phi) is 5.82. The number of ether oxygens (including phenoxy) is 1. The molecule has 1 unspecified atom stereocenters. The monoisotopic (exact) mass is 269 g/mol. The number of hydrogen-bond donors (Lipinski definition) is 2. The third kappa shape index (κ3) is 4.55. The van der Waals surface area contributed by atoms with Crippen LogP contribution in [-0.4, -0.2) is 40.0 Å². The van der Waals surface area contributed by atoms with E-state index in [1.807, 2.05) is 17.8 Å². The first-order chi connectivity index (χ1) is 9.01. The number of carboxylic acid groups (broad SMARTS) is 1. The molecule has 6 heteroatoms. The second-order valence-electron chi connectivity index (χ2n) is 4.72. The zero-order valence-corrected chi connectivity index (χ0v) is 11.8. The van der Waals surface area contributed by atoms with Crippen molar-refractivity contribution in [3.63, 3.8) is 0 Å². The molecule has 0 aromatic carbocycles. The molecular weight excluding hydrogens is 246 g/mol. The molecule has 2 N–H and O–H groups in total. The number of aryl methyl sites for hydroxylation is 1. The Hall–Kier alpha value is -1.56. The van der Waals surface area contributed by atoms with Crippen LogP contribution in [0.25, 0.3) is 0 Å². The van der Waals surface area contributed by atoms with Crippen molar-refractivity contribution in [1.29, 1.82) is 0 Å². The Bertz CT molecular complexity index is 406. The highest BCUT2D eigenvalue weighted by Crippen LogP contribution is 2.15. The van der Waals surface area contributed by atoms with E-state index in [1.165, 1.54) is 0 Å². The van der Waals surface area contributed by atoms with Gasteiger partial charge in [0.15, 0.2) is 5.75 Å². The van der Waals surface area contributed by atoms with Gasteiger partial charge in [-0.25, -0.2) is 0 Å². The number of rotatable bonds is 9. The lowest BCUT2D eigenvalue weighted by Crippen LogP contribution is -2.47. The van der Waals surface area contributed by atoms with E-state index in [1.54, 1.807) is 20.2 Å². The van der Waals surface area contributed by atoms with Crippen molar-refractivity contribution < 1.29 is 14.6 Å². The van der Waals surface area contributed by atoms with Gasteiger partial charge in [0, 0.05) is 6.54 Å². The van der Waals surface area contributed by atoms with Gasteiger partial charge in [0.25, 0.3) is 0 Å². The molecule has 6 nitrogen and oxygen atoms in total. The van der Waals surface area contributed by atoms with Gasteiger partial charge < -0.3 is 15.2 Å². The Morgan fingerprint density at radius 1 is 1.58 bits per heavy atom. The molecule has 1 aromatic rings. The zero-order valence-electron chi connectivity index (χ0n) is 11.8. The van der Waals surface area contributed by atoms with Crippen LogP contribution in [0.4, 0.5) is 0 Å². The Morgan fingerprint density at radius 3 is 2.89 bits per heavy atom. The van der Waals surface area contributed by atoms with Gasteiger partial charge in [-0.3, -0.25) is 9.48 Å². The van der Waals surface area contributed by atoms with E-state index >= 15 is 0 Å². The molecule has 1 rings (SSSR count). The summed E-state index contributed by atoms with van der Waals surface area (Å²) in [5.74, 6) is -0.0409. The van der Waals surface area contributed by atoms with E-state index in [0.29, 0.717) is 13.0 Å². The van der Waals surface area contributed by atoms with Gasteiger partial charge in [-0.05, 0) is 40.2 Å². The fourth-order valence-corrected chi connectivity index (χ4v) is 1.80. The molecule has 1 heterocycles. The van der Waals surface area contributed by atoms with Gasteiger partial charge in [0.05, 0.1) is 19.0 Å². The molecule has 0 saturated carbocycles. The summed E-state index contributed by atoms with van der Waals surface area (Å²) in [5, 5.41) is 16.2. The molecule has 108 valence electrons. The second-order valence-corrected chi connectivity index (χ2v) is 4.72. The summed E-state index contributed by atoms with van der Waals surface area (Å²) in [6.45, 7) is 5.04. The van der Waals surface area contributed by atoms with Crippen LogP contribution in [-0.2, 0) is 11.3 Å². The normalized spacial score (nSPS) is 14.1. The number of carboxylic acids is 1. The molecule has 0 amide bonds. The number of likely N-dealkylation sites (N-methyl/N-ethyl adjacent to an activating group) is 1. The first-order valence-electron chi connectivity index (χ1n) is 6.59. The number of aliphatic carboxylic acids is 1. The molecular formula is C13H23N3O3. The van der Waals surface area contributed by atoms with E-state index in [9.17, 15) is 4.79 Å². The topological polar surface area (TPSA) is 76.4 Å². The Balaban J connectivity index is 2.32. The largest absolute Gasteiger partial charge is 0.491 e. The highest BCUT2D eigenvalue weighted by molar-refractivity contribution is 5.78. The van der Waals surface area contributed by atoms with E-state index < -0.39 is 11.5 Å². The molecule has 1 atom stereocenters. The lowest BCUT2D eigenvalue weighted by atomic mass is 9.95. The highest BCUT2D eigenvalue weighted by Gasteiger charge is 2.29. The Labute approximate surface area is 113 Å². The van der Waals surface area contributed by atoms with Gasteiger partial charge in [0.1, 0.15) is 5.54 Å². The van der Waals surface area contributed by atoms with Crippen LogP contribution in [0.15, 0.2) is 12.4 Å². The van der Waals surface area contributed by atoms with Crippen LogP contribution >= 0.6 is 0 Å². The van der Waals surface area contributed by atoms with Crippen molar-refractivity contribution in [2.75, 3.05) is 13.7 Å². The number of carbonyl (C=O) groups is 1. The number of hydrogen-bond acceptors (Lipinski definition) is 4. The highest BCUT2D eigenvalue weighted by atomic mass is 16.5. The van der Waals surface area contributed by atoms with Crippen LogP contribution in [0.5, 0.6) is 5.75 Å². The quantitative estimate of drug-likeness (QED) is 0.665. The lowest BCUT2D eigenvalue weighted by molar-refractivity contribution is -0.144. The predicted octanol–water partition coefficient (Wildman–Crippen LogP) is 1.51. The summed E-state index contributed by atoms with van der Waals surface area (Å²) in [7, 11) is 1.68. The molecule has 0 bridgehead atoms. The predicted molar refractivity (Wildman–Crippen MR) is 72.3 cm³/mol. The average molecular weight is 269 g/mol. The van der Waals surface area contributed by atoms with E-state index in [4.69, 9.17) is 9.84 Å². The van der Waals surface area contributed by atoms with Crippen LogP contribution in [0.3, 0.4) is 0 Å². The summed E-state index contributed by atoms with van der Waals surface area (Å²) in [6, 6.07) is 0. The van der Waals surface area contributed by atoms with Crippen LogP contribution in [0.1, 0.15) is 33.1 Å². The van der Waals surface area contributed by atoms with Gasteiger partial charge in [0.2, 0.25) is 0 Å². The number of nitrogens with zero attached hydrogens (tertiary/aromatic N) is 2. The maximum Gasteiger partial charge on any atom is 0.323 e. The molecule has 19 heavy (non-hydrogen) atoms. The van der Waals surface area contributed by atoms with Crippen LogP contribution < -0.4 is 10.1 Å². The minimum absolute atomic E-state index is 0.596. The molecule has 0 spiro atoms. The summed E-state index contributed by atoms with van der Waals surface area (Å²) in [5.41, 5.74) is -0.847. The van der Waals surface area contributed by atoms with Crippen molar-refractivity contribution in [1.82, 2.24) is 15.1 Å². The van der Waals surface area contributed by atoms with Crippen LogP contribution in [0.2, 0.25) is 0 Å².